The maximum absolute atomic E-state index is 13.8. The lowest BCUT2D eigenvalue weighted by molar-refractivity contribution is -0.255. The fraction of sp³-hybridized carbons (Fsp3) is 0.294. The normalized spacial score (nSPS) is 16.5. The highest BCUT2D eigenvalue weighted by atomic mass is 16.6. The number of phenols is 1. The number of carbonyl (C=O) groups is 4. The molecule has 0 fully saturated rings. The number of fused-ring (bicyclic) bond motifs is 5. The smallest absolute Gasteiger partial charge is 0.355 e. The highest BCUT2D eigenvalue weighted by Gasteiger charge is 2.50. The predicted molar refractivity (Wildman–Crippen MR) is 162 cm³/mol. The Balaban J connectivity index is 1.34. The van der Waals surface area contributed by atoms with Gasteiger partial charge in [0.15, 0.2) is 0 Å². The third-order valence-electron chi connectivity index (χ3n) is 8.44. The predicted octanol–water partition coefficient (Wildman–Crippen LogP) is 1.96. The molecule has 12 nitrogen and oxygen atoms in total. The Hall–Kier alpha value is -5.36. The van der Waals surface area contributed by atoms with Crippen LogP contribution in [0.3, 0.4) is 0 Å². The Morgan fingerprint density at radius 1 is 1.11 bits per heavy atom. The van der Waals surface area contributed by atoms with E-state index in [-0.39, 0.29) is 48.4 Å². The fourth-order valence-corrected chi connectivity index (χ4v) is 6.18. The first-order valence-electron chi connectivity index (χ1n) is 14.7. The number of benzene rings is 2. The van der Waals surface area contributed by atoms with Gasteiger partial charge in [0, 0.05) is 35.0 Å². The second kappa shape index (κ2) is 11.5. The maximum Gasteiger partial charge on any atom is 0.355 e. The van der Waals surface area contributed by atoms with Crippen molar-refractivity contribution in [2.45, 2.75) is 51.5 Å². The molecule has 236 valence electrons. The summed E-state index contributed by atoms with van der Waals surface area (Å²) >= 11 is 0. The molecule has 2 aromatic carbocycles. The molecule has 0 bridgehead atoms. The summed E-state index contributed by atoms with van der Waals surface area (Å²) in [6, 6.07) is 12.3. The Morgan fingerprint density at radius 3 is 2.52 bits per heavy atom. The van der Waals surface area contributed by atoms with Crippen molar-refractivity contribution in [1.82, 2.24) is 14.5 Å². The molecule has 2 aliphatic rings. The molecule has 6 rings (SSSR count). The molecule has 0 unspecified atom stereocenters. The molecule has 4 aromatic rings. The number of ketones is 1. The van der Waals surface area contributed by atoms with E-state index in [0.717, 1.165) is 10.9 Å². The third kappa shape index (κ3) is 5.20. The molecule has 12 heteroatoms. The van der Waals surface area contributed by atoms with E-state index in [4.69, 9.17) is 14.5 Å². The van der Waals surface area contributed by atoms with Crippen molar-refractivity contribution in [3.8, 4) is 17.1 Å². The average molecular weight is 625 g/mol. The Morgan fingerprint density at radius 2 is 1.85 bits per heavy atom. The van der Waals surface area contributed by atoms with Crippen molar-refractivity contribution in [3.05, 3.63) is 92.3 Å². The zero-order chi connectivity index (χ0) is 32.9. The number of Topliss-reactive ketones (excluding diaryl/α,β-unsaturated/α-hetero) is 1. The number of aromatic nitrogens is 2. The molecule has 1 atom stereocenters. The molecule has 0 radical (unpaired) electrons. The number of hydrogen-bond acceptors (Lipinski definition) is 11. The maximum atomic E-state index is 13.8. The lowest BCUT2D eigenvalue weighted by Gasteiger charge is -2.35. The lowest BCUT2D eigenvalue weighted by Crippen LogP contribution is -2.47. The number of hydrogen-bond donors (Lipinski definition) is 1. The minimum absolute atomic E-state index is 0.0447. The summed E-state index contributed by atoms with van der Waals surface area (Å²) in [4.78, 5) is 70.8. The number of esters is 2. The summed E-state index contributed by atoms with van der Waals surface area (Å²) in [6.07, 6.45) is -0.881. The zero-order valence-corrected chi connectivity index (χ0v) is 25.4. The van der Waals surface area contributed by atoms with Crippen LogP contribution in [0.2, 0.25) is 0 Å². The molecule has 2 aromatic heterocycles. The number of phenolic OH excluding ortho intramolecular Hbond substituents is 1. The van der Waals surface area contributed by atoms with Crippen molar-refractivity contribution in [2.24, 2.45) is 0 Å². The summed E-state index contributed by atoms with van der Waals surface area (Å²) < 4.78 is 12.7. The van der Waals surface area contributed by atoms with Gasteiger partial charge in [0.2, 0.25) is 5.60 Å². The largest absolute Gasteiger partial charge is 0.545 e. The average Bonchev–Trinajstić information content (AvgIpc) is 3.37. The summed E-state index contributed by atoms with van der Waals surface area (Å²) in [5, 5.41) is 22.3. The van der Waals surface area contributed by atoms with Crippen molar-refractivity contribution >= 4 is 34.6 Å². The van der Waals surface area contributed by atoms with E-state index in [1.807, 2.05) is 25.1 Å². The van der Waals surface area contributed by atoms with E-state index >= 15 is 0 Å². The molecule has 0 saturated heterocycles. The van der Waals surface area contributed by atoms with Crippen LogP contribution in [0.1, 0.15) is 57.9 Å². The van der Waals surface area contributed by atoms with Crippen molar-refractivity contribution in [2.75, 3.05) is 14.1 Å². The number of nitrogens with zero attached hydrogens (tertiary/aromatic N) is 3. The quantitative estimate of drug-likeness (QED) is 0.188. The van der Waals surface area contributed by atoms with Crippen LogP contribution in [0.4, 0.5) is 0 Å². The van der Waals surface area contributed by atoms with Crippen LogP contribution in [0.15, 0.2) is 53.3 Å². The van der Waals surface area contributed by atoms with Gasteiger partial charge in [0.1, 0.15) is 24.6 Å². The van der Waals surface area contributed by atoms with E-state index in [1.54, 1.807) is 25.1 Å². The minimum Gasteiger partial charge on any atom is -0.545 e. The van der Waals surface area contributed by atoms with E-state index in [1.165, 1.54) is 28.8 Å². The first kappa shape index (κ1) is 30.7. The second-order valence-corrected chi connectivity index (χ2v) is 11.8. The van der Waals surface area contributed by atoms with Gasteiger partial charge in [-0.3, -0.25) is 14.4 Å². The second-order valence-electron chi connectivity index (χ2n) is 11.8. The SMILES string of the molecule is CC[C@@]1(OC(=O)CC(=O)Cc2ccc(C(=O)[O-])cc2)C(=O)OCc2c1cc1n(c2=O)Cc2cc3c(CN(C)C)c(O)ccc3nc2-1. The van der Waals surface area contributed by atoms with Crippen LogP contribution < -0.4 is 10.7 Å². The summed E-state index contributed by atoms with van der Waals surface area (Å²) in [6.45, 7) is 2.00. The van der Waals surface area contributed by atoms with Crippen LogP contribution in [-0.2, 0) is 55.6 Å². The molecule has 0 amide bonds. The Kier molecular flexibility index (Phi) is 7.69. The highest BCUT2D eigenvalue weighted by molar-refractivity contribution is 5.98. The van der Waals surface area contributed by atoms with Gasteiger partial charge in [0.25, 0.3) is 5.56 Å². The topological polar surface area (TPSA) is 168 Å². The molecule has 1 N–H and O–H groups in total. The van der Waals surface area contributed by atoms with Crippen molar-refractivity contribution in [1.29, 1.82) is 0 Å². The number of rotatable bonds is 9. The Labute approximate surface area is 262 Å². The summed E-state index contributed by atoms with van der Waals surface area (Å²) in [5.41, 5.74) is 1.49. The minimum atomic E-state index is -1.96. The van der Waals surface area contributed by atoms with Gasteiger partial charge < -0.3 is 33.9 Å². The molecule has 2 aliphatic heterocycles. The van der Waals surface area contributed by atoms with Crippen molar-refractivity contribution in [3.63, 3.8) is 0 Å². The molecule has 0 spiro atoms. The molecule has 0 saturated carbocycles. The molecular formula is C34H30N3O9-. The van der Waals surface area contributed by atoms with E-state index < -0.39 is 41.3 Å². The van der Waals surface area contributed by atoms with E-state index in [0.29, 0.717) is 34.6 Å². The van der Waals surface area contributed by atoms with Crippen LogP contribution in [-0.4, -0.2) is 57.3 Å². The third-order valence-corrected chi connectivity index (χ3v) is 8.44. The van der Waals surface area contributed by atoms with Crippen LogP contribution >= 0.6 is 0 Å². The van der Waals surface area contributed by atoms with Gasteiger partial charge in [0.05, 0.1) is 35.0 Å². The Bertz CT molecular complexity index is 2010. The van der Waals surface area contributed by atoms with Crippen LogP contribution in [0.5, 0.6) is 5.75 Å². The number of carboxylic acids is 1. The number of pyridine rings is 2. The van der Waals surface area contributed by atoms with Gasteiger partial charge in [-0.1, -0.05) is 31.2 Å². The standard InChI is InChI=1S/C34H31N3O9/c1-4-34(46-29(40)13-21(38)11-18-5-7-19(8-6-18)32(42)43)25-14-27-30-20(15-37(27)31(41)24(25)17-45-33(34)44)12-22-23(16-36(2)3)28(39)10-9-26(22)35-30/h5-10,12,14,39H,4,11,13,15-17H2,1-3H3,(H,42,43)/p-1/t34-/m0/s1. The van der Waals surface area contributed by atoms with Crippen LogP contribution in [0.25, 0.3) is 22.3 Å². The molecule has 46 heavy (non-hydrogen) atoms. The van der Waals surface area contributed by atoms with E-state index in [9.17, 15) is 34.2 Å². The monoisotopic (exact) mass is 624 g/mol. The number of ether oxygens (including phenoxy) is 2. The van der Waals surface area contributed by atoms with Crippen LogP contribution in [0, 0.1) is 0 Å². The number of aromatic hydroxyl groups is 1. The highest BCUT2D eigenvalue weighted by Crippen LogP contribution is 2.41. The van der Waals surface area contributed by atoms with Gasteiger partial charge in [-0.05, 0) is 55.9 Å². The number of carboxylic acid groups (broad SMARTS) is 1. The first-order valence-corrected chi connectivity index (χ1v) is 14.7. The molecule has 0 aliphatic carbocycles. The molecular weight excluding hydrogens is 594 g/mol. The summed E-state index contributed by atoms with van der Waals surface area (Å²) in [7, 11) is 3.79. The number of carbonyl (C=O) groups excluding carboxylic acids is 4. The summed E-state index contributed by atoms with van der Waals surface area (Å²) in [5.74, 6) is -3.54. The van der Waals surface area contributed by atoms with Gasteiger partial charge in [-0.15, -0.1) is 0 Å². The van der Waals surface area contributed by atoms with Crippen molar-refractivity contribution < 1.29 is 38.9 Å². The van der Waals surface area contributed by atoms with Gasteiger partial charge in [-0.2, -0.15) is 0 Å². The number of aromatic carboxylic acids is 1. The fourth-order valence-electron chi connectivity index (χ4n) is 6.18. The lowest BCUT2D eigenvalue weighted by atomic mass is 9.85. The number of cyclic esters (lactones) is 1. The zero-order valence-electron chi connectivity index (χ0n) is 25.4. The first-order chi connectivity index (χ1) is 21.9. The van der Waals surface area contributed by atoms with Gasteiger partial charge in [-0.25, -0.2) is 9.78 Å². The van der Waals surface area contributed by atoms with E-state index in [2.05, 4.69) is 0 Å². The molecule has 4 heterocycles. The van der Waals surface area contributed by atoms with Gasteiger partial charge >= 0.3 is 11.9 Å².